The molecule has 0 aliphatic rings. The van der Waals surface area contributed by atoms with E-state index >= 15 is 0 Å². The number of nitrogens with zero attached hydrogens (tertiary/aromatic N) is 4. The lowest BCUT2D eigenvalue weighted by molar-refractivity contribution is 0.878. The van der Waals surface area contributed by atoms with E-state index < -0.39 is 0 Å². The lowest BCUT2D eigenvalue weighted by Gasteiger charge is -2.11. The van der Waals surface area contributed by atoms with Crippen molar-refractivity contribution < 1.29 is 0 Å². The number of fused-ring (bicyclic) bond motifs is 1. The quantitative estimate of drug-likeness (QED) is 0.722. The van der Waals surface area contributed by atoms with Crippen LogP contribution in [0, 0.1) is 20.8 Å². The fraction of sp³-hybridized carbons (Fsp3) is 0.214. The Labute approximate surface area is 111 Å². The summed E-state index contributed by atoms with van der Waals surface area (Å²) in [6.45, 7) is 6.24. The Balaban J connectivity index is 2.34. The molecule has 2 heterocycles. The van der Waals surface area contributed by atoms with E-state index in [1.807, 2.05) is 4.68 Å². The van der Waals surface area contributed by atoms with Crippen LogP contribution in [0.3, 0.4) is 0 Å². The highest BCUT2D eigenvalue weighted by Gasteiger charge is 2.13. The van der Waals surface area contributed by atoms with Crippen molar-refractivity contribution in [3.63, 3.8) is 0 Å². The van der Waals surface area contributed by atoms with Crippen molar-refractivity contribution in [2.45, 2.75) is 20.8 Å². The van der Waals surface area contributed by atoms with Gasteiger partial charge in [0.2, 0.25) is 0 Å². The van der Waals surface area contributed by atoms with E-state index in [2.05, 4.69) is 48.0 Å². The van der Waals surface area contributed by atoms with Crippen LogP contribution < -0.4 is 5.73 Å². The molecule has 0 aliphatic heterocycles. The number of hydrogen-bond donors (Lipinski definition) is 1. The van der Waals surface area contributed by atoms with Gasteiger partial charge in [-0.25, -0.2) is 14.6 Å². The summed E-state index contributed by atoms with van der Waals surface area (Å²) in [7, 11) is 0. The van der Waals surface area contributed by atoms with Gasteiger partial charge in [-0.15, -0.1) is 0 Å². The van der Waals surface area contributed by atoms with Crippen LogP contribution in [0.2, 0.25) is 0 Å². The molecule has 5 nitrogen and oxygen atoms in total. The Bertz CT molecular complexity index is 750. The summed E-state index contributed by atoms with van der Waals surface area (Å²) in [6, 6.07) is 4.28. The molecule has 0 fully saturated rings. The number of aromatic nitrogens is 4. The third-order valence-electron chi connectivity index (χ3n) is 3.24. The summed E-state index contributed by atoms with van der Waals surface area (Å²) in [5.41, 5.74) is 11.2. The van der Waals surface area contributed by atoms with Gasteiger partial charge in [-0.2, -0.15) is 5.10 Å². The Morgan fingerprint density at radius 2 is 1.74 bits per heavy atom. The third-order valence-corrected chi connectivity index (χ3v) is 3.24. The molecule has 19 heavy (non-hydrogen) atoms. The second-order valence-electron chi connectivity index (χ2n) is 4.80. The zero-order valence-electron chi connectivity index (χ0n) is 11.2. The molecule has 2 aromatic heterocycles. The number of aryl methyl sites for hydroxylation is 3. The van der Waals surface area contributed by atoms with E-state index in [-0.39, 0.29) is 0 Å². The first-order chi connectivity index (χ1) is 9.08. The number of hydrogen-bond acceptors (Lipinski definition) is 4. The van der Waals surface area contributed by atoms with Crippen molar-refractivity contribution >= 4 is 16.9 Å². The number of nitrogens with two attached hydrogens (primary N) is 1. The van der Waals surface area contributed by atoms with Crippen LogP contribution >= 0.6 is 0 Å². The molecule has 1 aromatic carbocycles. The van der Waals surface area contributed by atoms with E-state index in [0.29, 0.717) is 5.82 Å². The Morgan fingerprint density at radius 3 is 2.42 bits per heavy atom. The number of nitrogen functional groups attached to an aromatic ring is 1. The largest absolute Gasteiger partial charge is 0.383 e. The summed E-state index contributed by atoms with van der Waals surface area (Å²) in [6.07, 6.45) is 3.18. The summed E-state index contributed by atoms with van der Waals surface area (Å²) >= 11 is 0. The van der Waals surface area contributed by atoms with Gasteiger partial charge in [0.05, 0.1) is 17.3 Å². The molecule has 5 heteroatoms. The molecule has 3 aromatic rings. The van der Waals surface area contributed by atoms with E-state index in [9.17, 15) is 0 Å². The number of rotatable bonds is 1. The fourth-order valence-electron chi connectivity index (χ4n) is 2.53. The van der Waals surface area contributed by atoms with Crippen molar-refractivity contribution in [1.29, 1.82) is 0 Å². The number of benzene rings is 1. The van der Waals surface area contributed by atoms with Gasteiger partial charge in [0.15, 0.2) is 5.65 Å². The van der Waals surface area contributed by atoms with Crippen LogP contribution in [-0.4, -0.2) is 19.7 Å². The van der Waals surface area contributed by atoms with Gasteiger partial charge in [-0.3, -0.25) is 0 Å². The zero-order chi connectivity index (χ0) is 13.6. The summed E-state index contributed by atoms with van der Waals surface area (Å²) in [5, 5.41) is 5.19. The minimum absolute atomic E-state index is 0.457. The molecule has 0 bridgehead atoms. The first kappa shape index (κ1) is 11.6. The molecule has 0 saturated heterocycles. The molecule has 2 N–H and O–H groups in total. The smallest absolute Gasteiger partial charge is 0.168 e. The molecule has 0 aliphatic carbocycles. The van der Waals surface area contributed by atoms with Crippen LogP contribution in [0.15, 0.2) is 24.7 Å². The zero-order valence-corrected chi connectivity index (χ0v) is 11.2. The van der Waals surface area contributed by atoms with E-state index in [4.69, 9.17) is 5.73 Å². The van der Waals surface area contributed by atoms with Crippen LogP contribution in [-0.2, 0) is 0 Å². The van der Waals surface area contributed by atoms with Crippen LogP contribution in [0.1, 0.15) is 16.7 Å². The van der Waals surface area contributed by atoms with Crippen LogP contribution in [0.4, 0.5) is 5.82 Å². The normalized spacial score (nSPS) is 11.1. The van der Waals surface area contributed by atoms with Gasteiger partial charge < -0.3 is 5.73 Å². The summed E-state index contributed by atoms with van der Waals surface area (Å²) in [4.78, 5) is 8.28. The second-order valence-corrected chi connectivity index (χ2v) is 4.80. The Morgan fingerprint density at radius 1 is 1.05 bits per heavy atom. The standard InChI is InChI=1S/C14H15N5/c1-8-4-9(2)12(10(3)5-8)19-14-11(6-18-19)13(15)16-7-17-14/h4-7H,1-3H3,(H2,15,16,17). The van der Waals surface area contributed by atoms with Crippen molar-refractivity contribution in [2.24, 2.45) is 0 Å². The molecule has 0 atom stereocenters. The highest BCUT2D eigenvalue weighted by atomic mass is 15.3. The minimum Gasteiger partial charge on any atom is -0.383 e. The Kier molecular flexibility index (Phi) is 2.48. The predicted octanol–water partition coefficient (Wildman–Crippen LogP) is 2.32. The molecule has 0 spiro atoms. The fourth-order valence-corrected chi connectivity index (χ4v) is 2.53. The monoisotopic (exact) mass is 253 g/mol. The lowest BCUT2D eigenvalue weighted by Crippen LogP contribution is -2.04. The SMILES string of the molecule is Cc1cc(C)c(-n2ncc3c(N)ncnc32)c(C)c1. The molecule has 0 unspecified atom stereocenters. The van der Waals surface area contributed by atoms with E-state index in [1.165, 1.54) is 23.0 Å². The molecule has 0 saturated carbocycles. The summed E-state index contributed by atoms with van der Waals surface area (Å²) < 4.78 is 1.83. The average Bonchev–Trinajstić information content (AvgIpc) is 2.73. The highest BCUT2D eigenvalue weighted by Crippen LogP contribution is 2.25. The van der Waals surface area contributed by atoms with Crippen molar-refractivity contribution in [1.82, 2.24) is 19.7 Å². The van der Waals surface area contributed by atoms with E-state index in [1.54, 1.807) is 6.20 Å². The first-order valence-corrected chi connectivity index (χ1v) is 6.10. The van der Waals surface area contributed by atoms with Crippen molar-refractivity contribution in [2.75, 3.05) is 5.73 Å². The molecule has 0 radical (unpaired) electrons. The lowest BCUT2D eigenvalue weighted by atomic mass is 10.1. The van der Waals surface area contributed by atoms with Crippen LogP contribution in [0.5, 0.6) is 0 Å². The third kappa shape index (κ3) is 1.74. The topological polar surface area (TPSA) is 69.6 Å². The molecule has 3 rings (SSSR count). The van der Waals surface area contributed by atoms with Crippen molar-refractivity contribution in [3.05, 3.63) is 41.3 Å². The van der Waals surface area contributed by atoms with Gasteiger partial charge >= 0.3 is 0 Å². The molecule has 0 amide bonds. The summed E-state index contributed by atoms with van der Waals surface area (Å²) in [5.74, 6) is 0.457. The second kappa shape index (κ2) is 4.05. The highest BCUT2D eigenvalue weighted by molar-refractivity contribution is 5.86. The molecular weight excluding hydrogens is 238 g/mol. The average molecular weight is 253 g/mol. The maximum absolute atomic E-state index is 5.84. The minimum atomic E-state index is 0.457. The maximum Gasteiger partial charge on any atom is 0.168 e. The number of anilines is 1. The van der Waals surface area contributed by atoms with Gasteiger partial charge in [0.25, 0.3) is 0 Å². The Hall–Kier alpha value is -2.43. The maximum atomic E-state index is 5.84. The first-order valence-electron chi connectivity index (χ1n) is 6.10. The van der Waals surface area contributed by atoms with Gasteiger partial charge in [-0.05, 0) is 31.9 Å². The van der Waals surface area contributed by atoms with E-state index in [0.717, 1.165) is 16.7 Å². The predicted molar refractivity (Wildman–Crippen MR) is 75.3 cm³/mol. The van der Waals surface area contributed by atoms with Gasteiger partial charge in [-0.1, -0.05) is 17.7 Å². The van der Waals surface area contributed by atoms with Crippen LogP contribution in [0.25, 0.3) is 16.7 Å². The molecule has 96 valence electrons. The van der Waals surface area contributed by atoms with Crippen molar-refractivity contribution in [3.8, 4) is 5.69 Å². The van der Waals surface area contributed by atoms with Gasteiger partial charge in [0.1, 0.15) is 12.1 Å². The van der Waals surface area contributed by atoms with Gasteiger partial charge in [0, 0.05) is 0 Å². The molecular formula is C14H15N5.